The molecule has 2 aliphatic rings. The summed E-state index contributed by atoms with van der Waals surface area (Å²) in [6.07, 6.45) is 5.29. The zero-order valence-electron chi connectivity index (χ0n) is 17.2. The van der Waals surface area contributed by atoms with Gasteiger partial charge in [0.2, 0.25) is 0 Å². The van der Waals surface area contributed by atoms with Crippen LogP contribution in [0, 0.1) is 16.7 Å². The molecule has 0 aromatic heterocycles. The molecule has 3 heteroatoms. The van der Waals surface area contributed by atoms with Gasteiger partial charge in [-0.2, -0.15) is 0 Å². The van der Waals surface area contributed by atoms with E-state index in [1.165, 1.54) is 30.4 Å². The molecule has 0 saturated heterocycles. The van der Waals surface area contributed by atoms with Crippen LogP contribution in [0.25, 0.3) is 0 Å². The van der Waals surface area contributed by atoms with Gasteiger partial charge in [0, 0.05) is 5.56 Å². The quantitative estimate of drug-likeness (QED) is 0.704. The summed E-state index contributed by atoms with van der Waals surface area (Å²) in [5.74, 6) is 2.08. The molecule has 1 saturated carbocycles. The summed E-state index contributed by atoms with van der Waals surface area (Å²) >= 11 is 0. The molecule has 1 aromatic rings. The molecule has 3 atom stereocenters. The maximum absolute atomic E-state index is 11.5. The van der Waals surface area contributed by atoms with Gasteiger partial charge in [0.25, 0.3) is 0 Å². The predicted molar refractivity (Wildman–Crippen MR) is 106 cm³/mol. The van der Waals surface area contributed by atoms with Gasteiger partial charge in [0.15, 0.2) is 0 Å². The van der Waals surface area contributed by atoms with Gasteiger partial charge in [-0.3, -0.25) is 0 Å². The van der Waals surface area contributed by atoms with Crippen molar-refractivity contribution in [2.24, 2.45) is 16.7 Å². The van der Waals surface area contributed by atoms with Crippen LogP contribution in [0.5, 0.6) is 11.5 Å². The van der Waals surface area contributed by atoms with Crippen molar-refractivity contribution in [3.8, 4) is 11.5 Å². The first-order chi connectivity index (χ1) is 12.2. The molecular weight excluding hydrogens is 324 g/mol. The van der Waals surface area contributed by atoms with Crippen molar-refractivity contribution in [2.45, 2.75) is 65.9 Å². The second kappa shape index (κ2) is 6.92. The standard InChI is InChI=1S/C23H34O3/c1-15-8-11-19-22(2,3)12-7-13-23(19,4)20(15)21(24)17-14-16(25-5)9-10-18(17)26-6/h9-10,14,19,21,24H,7-8,11-13H2,1-6H3/t19-,21?,23-/m0/s1. The number of allylic oxidation sites excluding steroid dienone is 1. The minimum absolute atomic E-state index is 0.0393. The third kappa shape index (κ3) is 3.05. The fourth-order valence-electron chi connectivity index (χ4n) is 5.89. The van der Waals surface area contributed by atoms with Gasteiger partial charge in [0.05, 0.1) is 14.2 Å². The lowest BCUT2D eigenvalue weighted by molar-refractivity contribution is -0.00454. The molecule has 3 nitrogen and oxygen atoms in total. The number of hydrogen-bond donors (Lipinski definition) is 1. The average molecular weight is 359 g/mol. The van der Waals surface area contributed by atoms with Crippen molar-refractivity contribution in [3.63, 3.8) is 0 Å². The van der Waals surface area contributed by atoms with Crippen molar-refractivity contribution in [1.29, 1.82) is 0 Å². The monoisotopic (exact) mass is 358 g/mol. The summed E-state index contributed by atoms with van der Waals surface area (Å²) in [7, 11) is 3.32. The van der Waals surface area contributed by atoms with E-state index >= 15 is 0 Å². The summed E-state index contributed by atoms with van der Waals surface area (Å²) in [6.45, 7) is 9.40. The van der Waals surface area contributed by atoms with Crippen molar-refractivity contribution in [1.82, 2.24) is 0 Å². The van der Waals surface area contributed by atoms with Gasteiger partial charge < -0.3 is 14.6 Å². The van der Waals surface area contributed by atoms with E-state index in [-0.39, 0.29) is 5.41 Å². The molecule has 2 aliphatic carbocycles. The highest BCUT2D eigenvalue weighted by atomic mass is 16.5. The van der Waals surface area contributed by atoms with Gasteiger partial charge >= 0.3 is 0 Å². The third-order valence-corrected chi connectivity index (χ3v) is 7.12. The lowest BCUT2D eigenvalue weighted by Crippen LogP contribution is -2.46. The van der Waals surface area contributed by atoms with Crippen molar-refractivity contribution < 1.29 is 14.6 Å². The highest BCUT2D eigenvalue weighted by Gasteiger charge is 2.51. The Bertz CT molecular complexity index is 703. The molecule has 1 fully saturated rings. The Morgan fingerprint density at radius 3 is 2.50 bits per heavy atom. The van der Waals surface area contributed by atoms with Gasteiger partial charge in [-0.1, -0.05) is 32.8 Å². The summed E-state index contributed by atoms with van der Waals surface area (Å²) in [6, 6.07) is 5.69. The number of aliphatic hydroxyl groups is 1. The third-order valence-electron chi connectivity index (χ3n) is 7.12. The van der Waals surface area contributed by atoms with Gasteiger partial charge in [0.1, 0.15) is 17.6 Å². The number of benzene rings is 1. The highest BCUT2D eigenvalue weighted by molar-refractivity contribution is 5.46. The van der Waals surface area contributed by atoms with Gasteiger partial charge in [-0.25, -0.2) is 0 Å². The van der Waals surface area contributed by atoms with Crippen LogP contribution >= 0.6 is 0 Å². The van der Waals surface area contributed by atoms with Crippen LogP contribution in [-0.4, -0.2) is 19.3 Å². The molecule has 0 bridgehead atoms. The molecule has 26 heavy (non-hydrogen) atoms. The molecule has 0 amide bonds. The van der Waals surface area contributed by atoms with E-state index in [0.717, 1.165) is 29.9 Å². The number of aliphatic hydroxyl groups excluding tert-OH is 1. The average Bonchev–Trinajstić information content (AvgIpc) is 2.59. The lowest BCUT2D eigenvalue weighted by atomic mass is 9.49. The normalized spacial score (nSPS) is 29.1. The van der Waals surface area contributed by atoms with E-state index in [0.29, 0.717) is 11.3 Å². The zero-order valence-corrected chi connectivity index (χ0v) is 17.2. The molecule has 0 radical (unpaired) electrons. The van der Waals surface area contributed by atoms with Crippen LogP contribution in [0.2, 0.25) is 0 Å². The van der Waals surface area contributed by atoms with Crippen LogP contribution in [0.1, 0.15) is 71.5 Å². The van der Waals surface area contributed by atoms with E-state index in [4.69, 9.17) is 9.47 Å². The lowest BCUT2D eigenvalue weighted by Gasteiger charge is -2.56. The Hall–Kier alpha value is -1.48. The van der Waals surface area contributed by atoms with Crippen LogP contribution in [0.3, 0.4) is 0 Å². The molecule has 1 unspecified atom stereocenters. The van der Waals surface area contributed by atoms with E-state index in [1.54, 1.807) is 14.2 Å². The molecule has 1 N–H and O–H groups in total. The molecule has 0 heterocycles. The van der Waals surface area contributed by atoms with Crippen molar-refractivity contribution in [3.05, 3.63) is 34.9 Å². The highest BCUT2D eigenvalue weighted by Crippen LogP contribution is 2.62. The minimum atomic E-state index is -0.651. The Balaban J connectivity index is 2.09. The largest absolute Gasteiger partial charge is 0.497 e. The first-order valence-corrected chi connectivity index (χ1v) is 9.84. The summed E-state index contributed by atoms with van der Waals surface area (Å²) in [5, 5.41) is 11.5. The topological polar surface area (TPSA) is 38.7 Å². The number of hydrogen-bond acceptors (Lipinski definition) is 3. The number of rotatable bonds is 4. The van der Waals surface area contributed by atoms with Gasteiger partial charge in [-0.05, 0) is 73.1 Å². The minimum Gasteiger partial charge on any atom is -0.497 e. The SMILES string of the molecule is COc1ccc(OC)c(C(O)C2=C(C)CC[C@H]3C(C)(C)CCC[C@]23C)c1. The first-order valence-electron chi connectivity index (χ1n) is 9.84. The molecule has 1 aromatic carbocycles. The fourth-order valence-corrected chi connectivity index (χ4v) is 5.89. The number of fused-ring (bicyclic) bond motifs is 1. The first kappa shape index (κ1) is 19.3. The van der Waals surface area contributed by atoms with Crippen LogP contribution in [0.4, 0.5) is 0 Å². The summed E-state index contributed by atoms with van der Waals surface area (Å²) in [4.78, 5) is 0. The Kier molecular flexibility index (Phi) is 5.13. The Morgan fingerprint density at radius 1 is 1.12 bits per heavy atom. The Morgan fingerprint density at radius 2 is 1.85 bits per heavy atom. The molecule has 3 rings (SSSR count). The molecule has 0 aliphatic heterocycles. The van der Waals surface area contributed by atoms with E-state index < -0.39 is 6.10 Å². The fraction of sp³-hybridized carbons (Fsp3) is 0.652. The predicted octanol–water partition coefficient (Wildman–Crippen LogP) is 5.68. The molecule has 144 valence electrons. The number of methoxy groups -OCH3 is 2. The van der Waals surface area contributed by atoms with Crippen LogP contribution < -0.4 is 9.47 Å². The van der Waals surface area contributed by atoms with Crippen molar-refractivity contribution in [2.75, 3.05) is 14.2 Å². The summed E-state index contributed by atoms with van der Waals surface area (Å²) < 4.78 is 11.0. The zero-order chi connectivity index (χ0) is 19.1. The molecule has 0 spiro atoms. The second-order valence-electron chi connectivity index (χ2n) is 9.06. The van der Waals surface area contributed by atoms with E-state index in [1.807, 2.05) is 18.2 Å². The second-order valence-corrected chi connectivity index (χ2v) is 9.06. The maximum atomic E-state index is 11.5. The smallest absolute Gasteiger partial charge is 0.125 e. The van der Waals surface area contributed by atoms with Gasteiger partial charge in [-0.15, -0.1) is 0 Å². The van der Waals surface area contributed by atoms with E-state index in [9.17, 15) is 5.11 Å². The number of ether oxygens (including phenoxy) is 2. The molecular formula is C23H34O3. The van der Waals surface area contributed by atoms with Crippen molar-refractivity contribution >= 4 is 0 Å². The summed E-state index contributed by atoms with van der Waals surface area (Å²) in [5.41, 5.74) is 3.73. The van der Waals surface area contributed by atoms with E-state index in [2.05, 4.69) is 27.7 Å². The maximum Gasteiger partial charge on any atom is 0.125 e. The Labute approximate surface area is 158 Å². The van der Waals surface area contributed by atoms with Crippen LogP contribution in [-0.2, 0) is 0 Å². The van der Waals surface area contributed by atoms with Crippen LogP contribution in [0.15, 0.2) is 29.3 Å².